The van der Waals surface area contributed by atoms with Crippen LogP contribution in [0.15, 0.2) is 47.6 Å². The highest BCUT2D eigenvalue weighted by Crippen LogP contribution is 2.37. The van der Waals surface area contributed by atoms with Crippen LogP contribution in [0, 0.1) is 5.82 Å². The molecular formula is C22H23FN2O5. The lowest BCUT2D eigenvalue weighted by atomic mass is 9.97. The Kier molecular flexibility index (Phi) is 6.66. The van der Waals surface area contributed by atoms with Crippen LogP contribution in [0.1, 0.15) is 42.9 Å². The predicted molar refractivity (Wildman–Crippen MR) is 108 cm³/mol. The molecule has 0 fully saturated rings. The van der Waals surface area contributed by atoms with Gasteiger partial charge in [-0.05, 0) is 41.8 Å². The average Bonchev–Trinajstić information content (AvgIpc) is 3.19. The van der Waals surface area contributed by atoms with Crippen LogP contribution in [-0.4, -0.2) is 41.9 Å². The fourth-order valence-corrected chi connectivity index (χ4v) is 3.34. The highest BCUT2D eigenvalue weighted by atomic mass is 19.1. The minimum Gasteiger partial charge on any atom is -0.497 e. The monoisotopic (exact) mass is 414 g/mol. The number of ether oxygens (including phenoxy) is 2. The smallest absolute Gasteiger partial charge is 0.303 e. The fraction of sp³-hybridized carbons (Fsp3) is 0.318. The lowest BCUT2D eigenvalue weighted by molar-refractivity contribution is -0.137. The zero-order valence-electron chi connectivity index (χ0n) is 16.8. The number of methoxy groups -OCH3 is 2. The van der Waals surface area contributed by atoms with Crippen molar-refractivity contribution in [1.82, 2.24) is 5.01 Å². The molecule has 0 spiro atoms. The van der Waals surface area contributed by atoms with Crippen molar-refractivity contribution in [3.8, 4) is 11.5 Å². The number of carboxylic acids is 1. The molecule has 3 rings (SSSR count). The van der Waals surface area contributed by atoms with Gasteiger partial charge in [-0.1, -0.05) is 12.1 Å². The molecular weight excluding hydrogens is 391 g/mol. The summed E-state index contributed by atoms with van der Waals surface area (Å²) in [6.45, 7) is 0. The summed E-state index contributed by atoms with van der Waals surface area (Å²) < 4.78 is 24.0. The number of halogens is 1. The van der Waals surface area contributed by atoms with Crippen LogP contribution in [0.5, 0.6) is 11.5 Å². The van der Waals surface area contributed by atoms with Crippen molar-refractivity contribution in [2.45, 2.75) is 31.7 Å². The van der Waals surface area contributed by atoms with Crippen LogP contribution in [0.4, 0.5) is 4.39 Å². The van der Waals surface area contributed by atoms with E-state index < -0.39 is 12.0 Å². The summed E-state index contributed by atoms with van der Waals surface area (Å²) in [5, 5.41) is 14.7. The molecule has 0 bridgehead atoms. The number of benzene rings is 2. The predicted octanol–water partition coefficient (Wildman–Crippen LogP) is 3.78. The van der Waals surface area contributed by atoms with E-state index in [1.54, 1.807) is 32.4 Å². The average molecular weight is 414 g/mol. The zero-order valence-corrected chi connectivity index (χ0v) is 16.8. The maximum atomic E-state index is 13.3. The second-order valence-electron chi connectivity index (χ2n) is 6.91. The van der Waals surface area contributed by atoms with E-state index in [2.05, 4.69) is 5.10 Å². The number of hydrogen-bond acceptors (Lipinski definition) is 5. The lowest BCUT2D eigenvalue weighted by Gasteiger charge is -2.23. The molecule has 1 aliphatic heterocycles. The van der Waals surface area contributed by atoms with Crippen LogP contribution in [0.2, 0.25) is 0 Å². The van der Waals surface area contributed by atoms with Gasteiger partial charge in [0.25, 0.3) is 0 Å². The molecule has 7 nitrogen and oxygen atoms in total. The highest BCUT2D eigenvalue weighted by Gasteiger charge is 2.33. The van der Waals surface area contributed by atoms with E-state index in [1.807, 2.05) is 12.1 Å². The Bertz CT molecular complexity index is 936. The van der Waals surface area contributed by atoms with Gasteiger partial charge in [-0.2, -0.15) is 5.10 Å². The van der Waals surface area contributed by atoms with Gasteiger partial charge in [0, 0.05) is 25.3 Å². The number of nitrogens with zero attached hydrogens (tertiary/aromatic N) is 2. The van der Waals surface area contributed by atoms with Gasteiger partial charge in [0.2, 0.25) is 5.91 Å². The van der Waals surface area contributed by atoms with E-state index >= 15 is 0 Å². The van der Waals surface area contributed by atoms with E-state index in [0.29, 0.717) is 23.6 Å². The van der Waals surface area contributed by atoms with Crippen LogP contribution in [0.3, 0.4) is 0 Å². The Morgan fingerprint density at radius 2 is 1.73 bits per heavy atom. The summed E-state index contributed by atoms with van der Waals surface area (Å²) in [5.74, 6) is -0.419. The van der Waals surface area contributed by atoms with E-state index in [4.69, 9.17) is 14.6 Å². The molecule has 0 aliphatic carbocycles. The standard InChI is InChI=1S/C22H23FN2O5/c1-29-17-10-15(11-18(12-17)30-2)20-13-19(14-6-8-16(23)9-7-14)24-25(20)21(26)4-3-5-22(27)28/h6-12,20H,3-5,13H2,1-2H3,(H,27,28)/t20-/m1/s1. The number of aliphatic carboxylic acids is 1. The number of hydrogen-bond donors (Lipinski definition) is 1. The van der Waals surface area contributed by atoms with Crippen molar-refractivity contribution in [3.05, 3.63) is 59.4 Å². The normalized spacial score (nSPS) is 15.6. The van der Waals surface area contributed by atoms with Gasteiger partial charge in [-0.15, -0.1) is 0 Å². The third-order valence-corrected chi connectivity index (χ3v) is 4.88. The van der Waals surface area contributed by atoms with E-state index in [1.165, 1.54) is 17.1 Å². The Labute approximate surface area is 173 Å². The van der Waals surface area contributed by atoms with Crippen molar-refractivity contribution in [2.24, 2.45) is 5.10 Å². The van der Waals surface area contributed by atoms with Gasteiger partial charge in [0.05, 0.1) is 26.0 Å². The molecule has 2 aromatic rings. The largest absolute Gasteiger partial charge is 0.497 e. The first kappa shape index (κ1) is 21.3. The first-order valence-corrected chi connectivity index (χ1v) is 9.51. The maximum Gasteiger partial charge on any atom is 0.303 e. The Balaban J connectivity index is 1.92. The molecule has 158 valence electrons. The minimum atomic E-state index is -0.950. The number of carbonyl (C=O) groups is 2. The van der Waals surface area contributed by atoms with Gasteiger partial charge >= 0.3 is 5.97 Å². The Morgan fingerprint density at radius 3 is 2.30 bits per heavy atom. The molecule has 1 amide bonds. The van der Waals surface area contributed by atoms with Crippen LogP contribution in [-0.2, 0) is 9.59 Å². The summed E-state index contributed by atoms with van der Waals surface area (Å²) >= 11 is 0. The lowest BCUT2D eigenvalue weighted by Crippen LogP contribution is -2.27. The third-order valence-electron chi connectivity index (χ3n) is 4.88. The maximum absolute atomic E-state index is 13.3. The molecule has 0 unspecified atom stereocenters. The van der Waals surface area contributed by atoms with Gasteiger partial charge in [-0.3, -0.25) is 9.59 Å². The van der Waals surface area contributed by atoms with E-state index in [9.17, 15) is 14.0 Å². The summed E-state index contributed by atoms with van der Waals surface area (Å²) in [5.41, 5.74) is 2.14. The molecule has 0 saturated heterocycles. The van der Waals surface area contributed by atoms with Gasteiger partial charge in [-0.25, -0.2) is 9.40 Å². The van der Waals surface area contributed by atoms with Gasteiger partial charge in [0.15, 0.2) is 0 Å². The van der Waals surface area contributed by atoms with Crippen molar-refractivity contribution >= 4 is 17.6 Å². The second-order valence-corrected chi connectivity index (χ2v) is 6.91. The van der Waals surface area contributed by atoms with Gasteiger partial charge < -0.3 is 14.6 Å². The molecule has 0 aromatic heterocycles. The quantitative estimate of drug-likeness (QED) is 0.710. The molecule has 2 aromatic carbocycles. The highest BCUT2D eigenvalue weighted by molar-refractivity contribution is 6.03. The minimum absolute atomic E-state index is 0.0596. The number of amides is 1. The molecule has 30 heavy (non-hydrogen) atoms. The number of hydrazone groups is 1. The number of carbonyl (C=O) groups excluding carboxylic acids is 1. The van der Waals surface area contributed by atoms with E-state index in [0.717, 1.165) is 11.1 Å². The topological polar surface area (TPSA) is 88.4 Å². The van der Waals surface area contributed by atoms with Gasteiger partial charge in [0.1, 0.15) is 17.3 Å². The first-order chi connectivity index (χ1) is 14.4. The molecule has 1 heterocycles. The number of rotatable bonds is 8. The van der Waals surface area contributed by atoms with Crippen molar-refractivity contribution in [1.29, 1.82) is 0 Å². The molecule has 0 saturated carbocycles. The van der Waals surface area contributed by atoms with Crippen molar-refractivity contribution in [3.63, 3.8) is 0 Å². The number of carboxylic acid groups (broad SMARTS) is 1. The van der Waals surface area contributed by atoms with Crippen LogP contribution < -0.4 is 9.47 Å². The van der Waals surface area contributed by atoms with E-state index in [-0.39, 0.29) is 31.0 Å². The summed E-state index contributed by atoms with van der Waals surface area (Å²) in [4.78, 5) is 23.6. The molecule has 1 aliphatic rings. The summed E-state index contributed by atoms with van der Waals surface area (Å²) in [6.07, 6.45) is 0.614. The van der Waals surface area contributed by atoms with Crippen molar-refractivity contribution < 1.29 is 28.6 Å². The molecule has 1 atom stereocenters. The summed E-state index contributed by atoms with van der Waals surface area (Å²) in [7, 11) is 3.09. The Morgan fingerprint density at radius 1 is 1.10 bits per heavy atom. The molecule has 0 radical (unpaired) electrons. The van der Waals surface area contributed by atoms with Crippen LogP contribution >= 0.6 is 0 Å². The first-order valence-electron chi connectivity index (χ1n) is 9.51. The zero-order chi connectivity index (χ0) is 21.7. The third kappa shape index (κ3) is 4.94. The summed E-state index contributed by atoms with van der Waals surface area (Å²) in [6, 6.07) is 10.9. The molecule has 8 heteroatoms. The Hall–Kier alpha value is -3.42. The molecule has 1 N–H and O–H groups in total. The second kappa shape index (κ2) is 9.39. The van der Waals surface area contributed by atoms with Crippen LogP contribution in [0.25, 0.3) is 0 Å². The fourth-order valence-electron chi connectivity index (χ4n) is 3.34. The van der Waals surface area contributed by atoms with Crippen molar-refractivity contribution in [2.75, 3.05) is 14.2 Å². The SMILES string of the molecule is COc1cc(OC)cc([C@H]2CC(c3ccc(F)cc3)=NN2C(=O)CCCC(=O)O)c1.